The second-order valence-electron chi connectivity index (χ2n) is 4.53. The number of nitrogens with one attached hydrogen (secondary N) is 1. The van der Waals surface area contributed by atoms with Gasteiger partial charge in [-0.1, -0.05) is 13.0 Å². The summed E-state index contributed by atoms with van der Waals surface area (Å²) in [5.74, 6) is 2.44. The molecule has 0 radical (unpaired) electrons. The predicted molar refractivity (Wildman–Crippen MR) is 88.0 cm³/mol. The first kappa shape index (κ1) is 15.6. The van der Waals surface area contributed by atoms with Gasteiger partial charge in [-0.15, -0.1) is 0 Å². The van der Waals surface area contributed by atoms with Crippen LogP contribution in [0.3, 0.4) is 0 Å². The lowest BCUT2D eigenvalue weighted by Gasteiger charge is -2.10. The molecule has 2 aromatic rings. The molecule has 0 bridgehead atoms. The molecule has 1 heterocycles. The van der Waals surface area contributed by atoms with Crippen LogP contribution in [0.25, 0.3) is 0 Å². The molecule has 21 heavy (non-hydrogen) atoms. The van der Waals surface area contributed by atoms with E-state index in [1.807, 2.05) is 36.4 Å². The number of pyridine rings is 1. The van der Waals surface area contributed by atoms with Crippen LogP contribution in [-0.4, -0.2) is 18.6 Å². The van der Waals surface area contributed by atoms with Crippen LogP contribution >= 0.6 is 15.9 Å². The summed E-state index contributed by atoms with van der Waals surface area (Å²) < 4.78 is 11.8. The Morgan fingerprint density at radius 2 is 2.10 bits per heavy atom. The highest BCUT2D eigenvalue weighted by Gasteiger charge is 2.04. The number of hydrogen-bond acceptors (Lipinski definition) is 4. The molecule has 1 aromatic heterocycles. The van der Waals surface area contributed by atoms with E-state index in [4.69, 9.17) is 9.47 Å². The lowest BCUT2D eigenvalue weighted by Crippen LogP contribution is -2.05. The molecule has 0 aliphatic carbocycles. The van der Waals surface area contributed by atoms with E-state index in [0.29, 0.717) is 6.61 Å². The van der Waals surface area contributed by atoms with Gasteiger partial charge in [-0.3, -0.25) is 0 Å². The fourth-order valence-electron chi connectivity index (χ4n) is 1.79. The largest absolute Gasteiger partial charge is 0.497 e. The smallest absolute Gasteiger partial charge is 0.134 e. The molecule has 0 fully saturated rings. The van der Waals surface area contributed by atoms with Gasteiger partial charge in [0.2, 0.25) is 0 Å². The van der Waals surface area contributed by atoms with Crippen LogP contribution < -0.4 is 14.8 Å². The Hall–Kier alpha value is -1.75. The van der Waals surface area contributed by atoms with Crippen LogP contribution in [0.4, 0.5) is 5.82 Å². The number of hydrogen-bond donors (Lipinski definition) is 1. The molecule has 4 nitrogen and oxygen atoms in total. The molecule has 0 aliphatic heterocycles. The van der Waals surface area contributed by atoms with Gasteiger partial charge in [-0.2, -0.15) is 0 Å². The zero-order chi connectivity index (χ0) is 15.1. The van der Waals surface area contributed by atoms with Crippen molar-refractivity contribution in [1.29, 1.82) is 0 Å². The van der Waals surface area contributed by atoms with Crippen LogP contribution in [0.2, 0.25) is 0 Å². The van der Waals surface area contributed by atoms with E-state index in [9.17, 15) is 0 Å². The maximum atomic E-state index is 5.79. The lowest BCUT2D eigenvalue weighted by molar-refractivity contribution is 0.299. The molecule has 0 amide bonds. The van der Waals surface area contributed by atoms with Crippen LogP contribution in [-0.2, 0) is 6.61 Å². The van der Waals surface area contributed by atoms with Gasteiger partial charge in [-0.25, -0.2) is 4.98 Å². The summed E-state index contributed by atoms with van der Waals surface area (Å²) in [4.78, 5) is 4.51. The van der Waals surface area contributed by atoms with E-state index >= 15 is 0 Å². The van der Waals surface area contributed by atoms with Gasteiger partial charge in [-0.05, 0) is 52.7 Å². The number of rotatable bonds is 7. The monoisotopic (exact) mass is 350 g/mol. The maximum absolute atomic E-state index is 5.79. The van der Waals surface area contributed by atoms with Crippen LogP contribution in [0.5, 0.6) is 11.5 Å². The Morgan fingerprint density at radius 1 is 1.24 bits per heavy atom. The average molecular weight is 351 g/mol. The Labute approximate surface area is 133 Å². The molecule has 0 unspecified atom stereocenters. The Morgan fingerprint density at radius 3 is 2.81 bits per heavy atom. The number of halogens is 1. The molecule has 2 rings (SSSR count). The Balaban J connectivity index is 1.99. The summed E-state index contributed by atoms with van der Waals surface area (Å²) in [6.45, 7) is 3.47. The third kappa shape index (κ3) is 4.63. The van der Waals surface area contributed by atoms with Crippen molar-refractivity contribution in [3.8, 4) is 11.5 Å². The number of benzene rings is 1. The minimum Gasteiger partial charge on any atom is -0.497 e. The van der Waals surface area contributed by atoms with Crippen molar-refractivity contribution in [2.45, 2.75) is 20.0 Å². The van der Waals surface area contributed by atoms with Gasteiger partial charge in [0.05, 0.1) is 17.3 Å². The molecule has 1 aromatic carbocycles. The fourth-order valence-corrected chi connectivity index (χ4v) is 2.26. The van der Waals surface area contributed by atoms with Gasteiger partial charge >= 0.3 is 0 Å². The molecule has 1 N–H and O–H groups in total. The molecule has 0 atom stereocenters. The standard InChI is InChI=1S/C16H19BrN2O2/c1-3-9-18-16-6-4-5-12(19-16)11-21-15-8-7-13(20-2)10-14(15)17/h4-8,10H,3,9,11H2,1-2H3,(H,18,19). The zero-order valence-corrected chi connectivity index (χ0v) is 13.8. The van der Waals surface area contributed by atoms with Gasteiger partial charge in [0.1, 0.15) is 23.9 Å². The average Bonchev–Trinajstić information content (AvgIpc) is 2.52. The SMILES string of the molecule is CCCNc1cccc(COc2ccc(OC)cc2Br)n1. The highest BCUT2D eigenvalue weighted by molar-refractivity contribution is 9.10. The summed E-state index contributed by atoms with van der Waals surface area (Å²) in [5.41, 5.74) is 0.888. The normalized spacial score (nSPS) is 10.2. The van der Waals surface area contributed by atoms with Gasteiger partial charge in [0, 0.05) is 6.54 Å². The lowest BCUT2D eigenvalue weighted by atomic mass is 10.3. The number of nitrogens with zero attached hydrogens (tertiary/aromatic N) is 1. The number of ether oxygens (including phenoxy) is 2. The Bertz CT molecular complexity index is 590. The van der Waals surface area contributed by atoms with Gasteiger partial charge < -0.3 is 14.8 Å². The van der Waals surface area contributed by atoms with E-state index in [0.717, 1.165) is 40.4 Å². The molecule has 0 saturated heterocycles. The predicted octanol–water partition coefficient (Wildman–Crippen LogP) is 4.25. The van der Waals surface area contributed by atoms with Crippen molar-refractivity contribution in [3.05, 3.63) is 46.6 Å². The van der Waals surface area contributed by atoms with Crippen molar-refractivity contribution in [2.75, 3.05) is 19.0 Å². The summed E-state index contributed by atoms with van der Waals surface area (Å²) >= 11 is 3.47. The first-order valence-corrected chi connectivity index (χ1v) is 7.68. The number of anilines is 1. The number of aromatic nitrogens is 1. The highest BCUT2D eigenvalue weighted by atomic mass is 79.9. The van der Waals surface area contributed by atoms with Crippen molar-refractivity contribution < 1.29 is 9.47 Å². The van der Waals surface area contributed by atoms with E-state index in [2.05, 4.69) is 33.2 Å². The highest BCUT2D eigenvalue weighted by Crippen LogP contribution is 2.29. The second kappa shape index (κ2) is 7.88. The van der Waals surface area contributed by atoms with Crippen LogP contribution in [0, 0.1) is 0 Å². The Kier molecular flexibility index (Phi) is 5.87. The van der Waals surface area contributed by atoms with Gasteiger partial charge in [0.25, 0.3) is 0 Å². The summed E-state index contributed by atoms with van der Waals surface area (Å²) in [6, 6.07) is 11.5. The first-order chi connectivity index (χ1) is 10.2. The van der Waals surface area contributed by atoms with Crippen molar-refractivity contribution >= 4 is 21.7 Å². The summed E-state index contributed by atoms with van der Waals surface area (Å²) in [7, 11) is 1.64. The molecule has 0 spiro atoms. The topological polar surface area (TPSA) is 43.4 Å². The molecule has 0 aliphatic rings. The minimum absolute atomic E-state index is 0.423. The molecule has 0 saturated carbocycles. The van der Waals surface area contributed by atoms with E-state index in [1.54, 1.807) is 7.11 Å². The molecular formula is C16H19BrN2O2. The van der Waals surface area contributed by atoms with Crippen molar-refractivity contribution in [1.82, 2.24) is 4.98 Å². The zero-order valence-electron chi connectivity index (χ0n) is 12.2. The fraction of sp³-hybridized carbons (Fsp3) is 0.312. The van der Waals surface area contributed by atoms with Crippen molar-refractivity contribution in [2.24, 2.45) is 0 Å². The van der Waals surface area contributed by atoms with Crippen molar-refractivity contribution in [3.63, 3.8) is 0 Å². The molecule has 5 heteroatoms. The second-order valence-corrected chi connectivity index (χ2v) is 5.38. The van der Waals surface area contributed by atoms with Crippen LogP contribution in [0.15, 0.2) is 40.9 Å². The first-order valence-electron chi connectivity index (χ1n) is 6.89. The molecular weight excluding hydrogens is 332 g/mol. The number of methoxy groups -OCH3 is 1. The third-order valence-corrected chi connectivity index (χ3v) is 3.50. The minimum atomic E-state index is 0.423. The van der Waals surface area contributed by atoms with E-state index in [-0.39, 0.29) is 0 Å². The van der Waals surface area contributed by atoms with Crippen LogP contribution in [0.1, 0.15) is 19.0 Å². The maximum Gasteiger partial charge on any atom is 0.134 e. The summed E-state index contributed by atoms with van der Waals surface area (Å²) in [5, 5.41) is 3.27. The summed E-state index contributed by atoms with van der Waals surface area (Å²) in [6.07, 6.45) is 1.07. The van der Waals surface area contributed by atoms with Gasteiger partial charge in [0.15, 0.2) is 0 Å². The van der Waals surface area contributed by atoms with E-state index < -0.39 is 0 Å². The molecule has 112 valence electrons. The third-order valence-electron chi connectivity index (χ3n) is 2.88. The van der Waals surface area contributed by atoms with E-state index in [1.165, 1.54) is 0 Å². The quantitative estimate of drug-likeness (QED) is 0.810.